The van der Waals surface area contributed by atoms with Gasteiger partial charge in [0.1, 0.15) is 5.76 Å². The van der Waals surface area contributed by atoms with Crippen molar-refractivity contribution in [2.45, 2.75) is 69.9 Å². The Labute approximate surface area is 203 Å². The van der Waals surface area contributed by atoms with Gasteiger partial charge in [0.05, 0.1) is 17.7 Å². The van der Waals surface area contributed by atoms with Crippen molar-refractivity contribution in [2.24, 2.45) is 10.1 Å². The maximum atomic E-state index is 11.4. The highest BCUT2D eigenvalue weighted by Crippen LogP contribution is 2.10. The van der Waals surface area contributed by atoms with Gasteiger partial charge in [-0.2, -0.15) is 0 Å². The van der Waals surface area contributed by atoms with Crippen molar-refractivity contribution in [3.63, 3.8) is 0 Å². The summed E-state index contributed by atoms with van der Waals surface area (Å²) in [7, 11) is -3.68. The van der Waals surface area contributed by atoms with Crippen molar-refractivity contribution in [3.05, 3.63) is 54.0 Å². The number of rotatable bonds is 12. The third-order valence-corrected chi connectivity index (χ3v) is 5.72. The molecule has 0 spiro atoms. The molecule has 1 aromatic heterocycles. The first kappa shape index (κ1) is 27.4. The Bertz CT molecular complexity index is 869. The number of sulfonamides is 1. The molecule has 0 radical (unpaired) electrons. The lowest BCUT2D eigenvalue weighted by molar-refractivity contribution is 0.504. The van der Waals surface area contributed by atoms with Gasteiger partial charge >= 0.3 is 0 Å². The Morgan fingerprint density at radius 2 is 1.90 bits per heavy atom. The van der Waals surface area contributed by atoms with E-state index in [1.54, 1.807) is 18.4 Å². The molecule has 2 rings (SSSR count). The van der Waals surface area contributed by atoms with E-state index in [0.717, 1.165) is 30.1 Å². The summed E-state index contributed by atoms with van der Waals surface area (Å²) < 4.78 is 28.2. The summed E-state index contributed by atoms with van der Waals surface area (Å²) >= 11 is 0. The fourth-order valence-corrected chi connectivity index (χ4v) is 3.56. The van der Waals surface area contributed by atoms with Crippen LogP contribution in [0.15, 0.2) is 57.0 Å². The first-order chi connectivity index (χ1) is 14.4. The average Bonchev–Trinajstić information content (AvgIpc) is 3.22. The van der Waals surface area contributed by atoms with Crippen molar-refractivity contribution in [1.82, 2.24) is 10.6 Å². The molecule has 174 valence electrons. The number of unbranched alkanes of at least 4 members (excludes halogenated alkanes) is 3. The molecule has 1 aromatic carbocycles. The van der Waals surface area contributed by atoms with E-state index >= 15 is 0 Å². The molecule has 0 saturated heterocycles. The molecule has 2 aromatic rings. The predicted octanol–water partition coefficient (Wildman–Crippen LogP) is 4.18. The van der Waals surface area contributed by atoms with Crippen LogP contribution in [-0.2, 0) is 23.0 Å². The molecular formula is C22H35IN4O3S. The number of nitrogens with one attached hydrogen (secondary N) is 2. The Morgan fingerprint density at radius 3 is 2.52 bits per heavy atom. The predicted molar refractivity (Wildman–Crippen MR) is 136 cm³/mol. The third-order valence-electron chi connectivity index (χ3n) is 4.79. The SMILES string of the molecule is CCCCCCC(C)NC(=NCc1ccc(S(N)(=O)=O)cc1)NCCc1ccco1.I. The van der Waals surface area contributed by atoms with E-state index in [9.17, 15) is 8.42 Å². The van der Waals surface area contributed by atoms with Crippen LogP contribution in [0.1, 0.15) is 57.3 Å². The highest BCUT2D eigenvalue weighted by Gasteiger charge is 2.08. The van der Waals surface area contributed by atoms with Crippen LogP contribution in [0.5, 0.6) is 0 Å². The van der Waals surface area contributed by atoms with Crippen LogP contribution in [0, 0.1) is 0 Å². The summed E-state index contributed by atoms with van der Waals surface area (Å²) in [6.45, 7) is 5.51. The maximum Gasteiger partial charge on any atom is 0.238 e. The summed E-state index contributed by atoms with van der Waals surface area (Å²) in [6, 6.07) is 10.6. The number of nitrogens with two attached hydrogens (primary N) is 1. The van der Waals surface area contributed by atoms with Gasteiger partial charge in [0.25, 0.3) is 0 Å². The van der Waals surface area contributed by atoms with Crippen LogP contribution in [0.3, 0.4) is 0 Å². The second-order valence-electron chi connectivity index (χ2n) is 7.50. The third kappa shape index (κ3) is 11.0. The average molecular weight is 563 g/mol. The van der Waals surface area contributed by atoms with E-state index in [4.69, 9.17) is 9.56 Å². The number of halogens is 1. The Hall–Kier alpha value is -1.59. The zero-order chi connectivity index (χ0) is 21.8. The molecule has 0 saturated carbocycles. The van der Waals surface area contributed by atoms with E-state index in [2.05, 4.69) is 29.5 Å². The van der Waals surface area contributed by atoms with Gasteiger partial charge in [0, 0.05) is 19.0 Å². The minimum absolute atomic E-state index is 0. The van der Waals surface area contributed by atoms with E-state index in [1.165, 1.54) is 37.8 Å². The van der Waals surface area contributed by atoms with Crippen molar-refractivity contribution < 1.29 is 12.8 Å². The Kier molecular flexibility index (Phi) is 12.8. The van der Waals surface area contributed by atoms with E-state index < -0.39 is 10.0 Å². The van der Waals surface area contributed by atoms with Gasteiger partial charge < -0.3 is 15.1 Å². The minimum Gasteiger partial charge on any atom is -0.469 e. The monoisotopic (exact) mass is 562 g/mol. The first-order valence-corrected chi connectivity index (χ1v) is 12.1. The molecule has 0 bridgehead atoms. The van der Waals surface area contributed by atoms with Gasteiger partial charge in [-0.3, -0.25) is 0 Å². The normalized spacial score (nSPS) is 12.8. The molecule has 1 atom stereocenters. The van der Waals surface area contributed by atoms with Gasteiger partial charge in [-0.1, -0.05) is 44.7 Å². The molecule has 7 nitrogen and oxygen atoms in total. The Morgan fingerprint density at radius 1 is 1.16 bits per heavy atom. The van der Waals surface area contributed by atoms with Crippen LogP contribution in [0.4, 0.5) is 0 Å². The number of furan rings is 1. The van der Waals surface area contributed by atoms with Crippen LogP contribution < -0.4 is 15.8 Å². The molecule has 1 unspecified atom stereocenters. The first-order valence-electron chi connectivity index (χ1n) is 10.6. The van der Waals surface area contributed by atoms with Crippen LogP contribution in [0.25, 0.3) is 0 Å². The molecule has 0 aliphatic carbocycles. The van der Waals surface area contributed by atoms with Crippen molar-refractivity contribution in [2.75, 3.05) is 6.54 Å². The fourth-order valence-electron chi connectivity index (χ4n) is 3.05. The van der Waals surface area contributed by atoms with E-state index in [-0.39, 0.29) is 28.9 Å². The summed E-state index contributed by atoms with van der Waals surface area (Å²) in [5.41, 5.74) is 0.908. The van der Waals surface area contributed by atoms with Crippen LogP contribution in [0.2, 0.25) is 0 Å². The second-order valence-corrected chi connectivity index (χ2v) is 9.07. The summed E-state index contributed by atoms with van der Waals surface area (Å²) in [6.07, 6.45) is 8.46. The zero-order valence-corrected chi connectivity index (χ0v) is 21.5. The number of benzene rings is 1. The maximum absolute atomic E-state index is 11.4. The van der Waals surface area contributed by atoms with Crippen LogP contribution >= 0.6 is 24.0 Å². The number of guanidine groups is 1. The summed E-state index contributed by atoms with van der Waals surface area (Å²) in [5.74, 6) is 1.66. The number of hydrogen-bond acceptors (Lipinski definition) is 4. The largest absolute Gasteiger partial charge is 0.469 e. The molecule has 4 N–H and O–H groups in total. The fraction of sp³-hybridized carbons (Fsp3) is 0.500. The number of hydrogen-bond donors (Lipinski definition) is 3. The van der Waals surface area contributed by atoms with Gasteiger partial charge in [0.15, 0.2) is 5.96 Å². The van der Waals surface area contributed by atoms with Crippen molar-refractivity contribution in [1.29, 1.82) is 0 Å². The smallest absolute Gasteiger partial charge is 0.238 e. The van der Waals surface area contributed by atoms with Gasteiger partial charge in [-0.25, -0.2) is 18.5 Å². The van der Waals surface area contributed by atoms with Crippen molar-refractivity contribution in [3.8, 4) is 0 Å². The molecule has 1 heterocycles. The summed E-state index contributed by atoms with van der Waals surface area (Å²) in [5, 5.41) is 12.0. The quantitative estimate of drug-likeness (QED) is 0.156. The minimum atomic E-state index is -3.68. The highest BCUT2D eigenvalue weighted by atomic mass is 127. The standard InChI is InChI=1S/C22H34N4O3S.HI/c1-3-4-5-6-8-18(2)26-22(24-15-14-20-9-7-16-29-20)25-17-19-10-12-21(13-11-19)30(23,27)28;/h7,9-13,16,18H,3-6,8,14-15,17H2,1-2H3,(H2,23,27,28)(H2,24,25,26);1H. The van der Waals surface area contributed by atoms with Crippen molar-refractivity contribution >= 4 is 40.0 Å². The van der Waals surface area contributed by atoms with Crippen LogP contribution in [-0.4, -0.2) is 27.0 Å². The molecule has 31 heavy (non-hydrogen) atoms. The second kappa shape index (κ2) is 14.5. The van der Waals surface area contributed by atoms with Gasteiger partial charge in [0.2, 0.25) is 10.0 Å². The lowest BCUT2D eigenvalue weighted by atomic mass is 10.1. The molecule has 0 aliphatic heterocycles. The number of aliphatic imine (C=N–C) groups is 1. The summed E-state index contributed by atoms with van der Waals surface area (Å²) in [4.78, 5) is 4.77. The molecule has 9 heteroatoms. The van der Waals surface area contributed by atoms with E-state index in [0.29, 0.717) is 19.1 Å². The molecular weight excluding hydrogens is 527 g/mol. The molecule has 0 fully saturated rings. The number of primary sulfonamides is 1. The van der Waals surface area contributed by atoms with Gasteiger partial charge in [-0.05, 0) is 43.2 Å². The zero-order valence-electron chi connectivity index (χ0n) is 18.3. The lowest BCUT2D eigenvalue weighted by Gasteiger charge is -2.18. The lowest BCUT2D eigenvalue weighted by Crippen LogP contribution is -2.43. The molecule has 0 amide bonds. The Balaban J connectivity index is 0.00000480. The van der Waals surface area contributed by atoms with E-state index in [1.807, 2.05) is 12.1 Å². The topological polar surface area (TPSA) is 110 Å². The highest BCUT2D eigenvalue weighted by molar-refractivity contribution is 14.0. The molecule has 0 aliphatic rings. The number of nitrogens with zero attached hydrogens (tertiary/aromatic N) is 1. The van der Waals surface area contributed by atoms with Gasteiger partial charge in [-0.15, -0.1) is 24.0 Å².